The number of rotatable bonds is 5. The van der Waals surface area contributed by atoms with Gasteiger partial charge in [-0.2, -0.15) is 4.58 Å². The molecule has 1 nitrogen and oxygen atoms in total. The van der Waals surface area contributed by atoms with Gasteiger partial charge in [-0.3, -0.25) is 0 Å². The van der Waals surface area contributed by atoms with Crippen LogP contribution in [0.15, 0.2) is 48.6 Å². The molecular formula is C26H34N+. The summed E-state index contributed by atoms with van der Waals surface area (Å²) in [6.45, 7) is 10.6. The van der Waals surface area contributed by atoms with Crippen LogP contribution in [0.5, 0.6) is 0 Å². The summed E-state index contributed by atoms with van der Waals surface area (Å²) in [6.07, 6.45) is 11.7. The van der Waals surface area contributed by atoms with Gasteiger partial charge < -0.3 is 0 Å². The average molecular weight is 361 g/mol. The highest BCUT2D eigenvalue weighted by Gasteiger charge is 2.45. The van der Waals surface area contributed by atoms with Crippen molar-refractivity contribution in [2.75, 3.05) is 6.54 Å². The third kappa shape index (κ3) is 3.37. The standard InChI is InChI=1S/C26H34N/c1-19(2)17-18-27-23-15-14-21-11-7-8-12-22(21)25(23)26(3,4)24(27)16-13-20-9-5-6-10-20/h7-8,11-16,19-20H,5-6,9-10,17-18H2,1-4H3/q+1. The van der Waals surface area contributed by atoms with E-state index in [2.05, 4.69) is 80.8 Å². The van der Waals surface area contributed by atoms with Crippen molar-refractivity contribution in [3.8, 4) is 0 Å². The third-order valence-corrected chi connectivity index (χ3v) is 6.61. The minimum atomic E-state index is 0.0439. The first-order valence-electron chi connectivity index (χ1n) is 10.8. The Kier molecular flexibility index (Phi) is 4.97. The summed E-state index contributed by atoms with van der Waals surface area (Å²) in [5.74, 6) is 1.50. The molecule has 0 radical (unpaired) electrons. The quantitative estimate of drug-likeness (QED) is 0.505. The first kappa shape index (κ1) is 18.5. The minimum Gasteiger partial charge on any atom is -0.195 e. The Labute approximate surface area is 164 Å². The van der Waals surface area contributed by atoms with E-state index in [-0.39, 0.29) is 5.41 Å². The SMILES string of the molecule is CC(C)CC[N+]1=C(C=CC2CCCC2)C(C)(C)c2c1ccc1ccccc21. The van der Waals surface area contributed by atoms with Crippen LogP contribution in [-0.2, 0) is 5.41 Å². The highest BCUT2D eigenvalue weighted by atomic mass is 15.1. The van der Waals surface area contributed by atoms with Gasteiger partial charge in [0, 0.05) is 24.1 Å². The van der Waals surface area contributed by atoms with Crippen LogP contribution in [-0.4, -0.2) is 16.8 Å². The van der Waals surface area contributed by atoms with Crippen LogP contribution < -0.4 is 0 Å². The average Bonchev–Trinajstić information content (AvgIpc) is 3.23. The molecule has 0 aromatic heterocycles. The molecule has 0 N–H and O–H groups in total. The molecule has 0 bridgehead atoms. The maximum atomic E-state index is 2.62. The first-order valence-corrected chi connectivity index (χ1v) is 10.8. The molecular weight excluding hydrogens is 326 g/mol. The first-order chi connectivity index (χ1) is 13.0. The van der Waals surface area contributed by atoms with Crippen molar-refractivity contribution in [2.24, 2.45) is 11.8 Å². The predicted molar refractivity (Wildman–Crippen MR) is 117 cm³/mol. The molecule has 1 heteroatoms. The lowest BCUT2D eigenvalue weighted by molar-refractivity contribution is -0.439. The zero-order valence-electron chi connectivity index (χ0n) is 17.5. The molecule has 1 fully saturated rings. The van der Waals surface area contributed by atoms with Crippen LogP contribution in [0.3, 0.4) is 0 Å². The zero-order valence-corrected chi connectivity index (χ0v) is 17.5. The van der Waals surface area contributed by atoms with Crippen molar-refractivity contribution in [1.29, 1.82) is 0 Å². The molecule has 2 aromatic rings. The molecule has 0 spiro atoms. The molecule has 0 amide bonds. The molecule has 2 aromatic carbocycles. The third-order valence-electron chi connectivity index (χ3n) is 6.61. The second kappa shape index (κ2) is 7.26. The summed E-state index contributed by atoms with van der Waals surface area (Å²) in [6, 6.07) is 13.5. The maximum absolute atomic E-state index is 2.62. The zero-order chi connectivity index (χ0) is 19.0. The summed E-state index contributed by atoms with van der Waals surface area (Å²) < 4.78 is 2.62. The Balaban J connectivity index is 1.83. The summed E-state index contributed by atoms with van der Waals surface area (Å²) >= 11 is 0. The van der Waals surface area contributed by atoms with Gasteiger partial charge >= 0.3 is 0 Å². The van der Waals surface area contributed by atoms with E-state index in [0.717, 1.165) is 18.4 Å². The number of allylic oxidation sites excluding steroid dienone is 2. The molecule has 1 heterocycles. The number of nitrogens with zero attached hydrogens (tertiary/aromatic N) is 1. The van der Waals surface area contributed by atoms with E-state index in [1.807, 2.05) is 0 Å². The van der Waals surface area contributed by atoms with E-state index >= 15 is 0 Å². The van der Waals surface area contributed by atoms with Crippen molar-refractivity contribution in [1.82, 2.24) is 0 Å². The molecule has 142 valence electrons. The normalized spacial score (nSPS) is 19.7. The second-order valence-electron chi connectivity index (χ2n) is 9.43. The van der Waals surface area contributed by atoms with Gasteiger partial charge in [-0.25, -0.2) is 0 Å². The van der Waals surface area contributed by atoms with Crippen LogP contribution in [0.2, 0.25) is 0 Å². The van der Waals surface area contributed by atoms with Gasteiger partial charge in [0.15, 0.2) is 5.71 Å². The molecule has 1 aliphatic carbocycles. The van der Waals surface area contributed by atoms with Gasteiger partial charge in [-0.15, -0.1) is 0 Å². The Morgan fingerprint density at radius 1 is 1.07 bits per heavy atom. The van der Waals surface area contributed by atoms with Crippen molar-refractivity contribution in [3.05, 3.63) is 54.1 Å². The van der Waals surface area contributed by atoms with Gasteiger partial charge in [0.05, 0.1) is 5.41 Å². The maximum Gasteiger partial charge on any atom is 0.210 e. The topological polar surface area (TPSA) is 3.01 Å². The van der Waals surface area contributed by atoms with Crippen LogP contribution in [0.25, 0.3) is 10.8 Å². The second-order valence-corrected chi connectivity index (χ2v) is 9.43. The lowest BCUT2D eigenvalue weighted by Crippen LogP contribution is -2.28. The van der Waals surface area contributed by atoms with E-state index in [4.69, 9.17) is 0 Å². The number of hydrogen-bond donors (Lipinski definition) is 0. The monoisotopic (exact) mass is 360 g/mol. The number of hydrogen-bond acceptors (Lipinski definition) is 0. The van der Waals surface area contributed by atoms with E-state index in [1.54, 1.807) is 0 Å². The Bertz CT molecular complexity index is 892. The fraction of sp³-hybridized carbons (Fsp3) is 0.500. The highest BCUT2D eigenvalue weighted by Crippen LogP contribution is 2.44. The number of benzene rings is 2. The lowest BCUT2D eigenvalue weighted by Gasteiger charge is -2.18. The lowest BCUT2D eigenvalue weighted by atomic mass is 9.79. The van der Waals surface area contributed by atoms with Crippen molar-refractivity contribution < 1.29 is 4.58 Å². The van der Waals surface area contributed by atoms with Gasteiger partial charge in [-0.1, -0.05) is 57.0 Å². The van der Waals surface area contributed by atoms with Crippen LogP contribution in [0.1, 0.15) is 65.4 Å². The van der Waals surface area contributed by atoms with Gasteiger partial charge in [0.25, 0.3) is 0 Å². The van der Waals surface area contributed by atoms with Crippen molar-refractivity contribution in [3.63, 3.8) is 0 Å². The molecule has 0 saturated heterocycles. The molecule has 1 aliphatic heterocycles. The molecule has 1 saturated carbocycles. The molecule has 2 aliphatic rings. The molecule has 0 unspecified atom stereocenters. The van der Waals surface area contributed by atoms with Crippen LogP contribution >= 0.6 is 0 Å². The smallest absolute Gasteiger partial charge is 0.195 e. The Morgan fingerprint density at radius 3 is 2.56 bits per heavy atom. The van der Waals surface area contributed by atoms with Crippen molar-refractivity contribution >= 4 is 22.2 Å². The number of fused-ring (bicyclic) bond motifs is 3. The molecule has 27 heavy (non-hydrogen) atoms. The minimum absolute atomic E-state index is 0.0439. The summed E-state index contributed by atoms with van der Waals surface area (Å²) in [4.78, 5) is 0. The summed E-state index contributed by atoms with van der Waals surface area (Å²) in [5.41, 5.74) is 4.46. The predicted octanol–water partition coefficient (Wildman–Crippen LogP) is 7.01. The highest BCUT2D eigenvalue weighted by molar-refractivity contribution is 6.07. The summed E-state index contributed by atoms with van der Waals surface area (Å²) in [7, 11) is 0. The summed E-state index contributed by atoms with van der Waals surface area (Å²) in [5, 5.41) is 2.77. The molecule has 0 atom stereocenters. The van der Waals surface area contributed by atoms with E-state index in [9.17, 15) is 0 Å². The van der Waals surface area contributed by atoms with E-state index < -0.39 is 0 Å². The van der Waals surface area contributed by atoms with Crippen LogP contribution in [0, 0.1) is 11.8 Å². The Hall–Kier alpha value is -1.89. The van der Waals surface area contributed by atoms with Crippen LogP contribution in [0.4, 0.5) is 5.69 Å². The van der Waals surface area contributed by atoms with Gasteiger partial charge in [0.1, 0.15) is 6.54 Å². The fourth-order valence-corrected chi connectivity index (χ4v) is 5.04. The molecule has 4 rings (SSSR count). The largest absolute Gasteiger partial charge is 0.210 e. The van der Waals surface area contributed by atoms with E-state index in [1.165, 1.54) is 59.8 Å². The van der Waals surface area contributed by atoms with Gasteiger partial charge in [0.2, 0.25) is 5.69 Å². The Morgan fingerprint density at radius 2 is 1.81 bits per heavy atom. The van der Waals surface area contributed by atoms with E-state index in [0.29, 0.717) is 0 Å². The van der Waals surface area contributed by atoms with Crippen molar-refractivity contribution in [2.45, 2.75) is 65.2 Å². The van der Waals surface area contributed by atoms with Gasteiger partial charge in [-0.05, 0) is 55.4 Å². The fourth-order valence-electron chi connectivity index (χ4n) is 5.04.